The zero-order valence-electron chi connectivity index (χ0n) is 14.6. The number of H-pyrrole nitrogens is 1. The van der Waals surface area contributed by atoms with Crippen molar-refractivity contribution in [3.8, 4) is 0 Å². The van der Waals surface area contributed by atoms with Crippen molar-refractivity contribution in [2.45, 2.75) is 13.1 Å². The molecule has 2 heterocycles. The summed E-state index contributed by atoms with van der Waals surface area (Å²) in [7, 11) is 0. The summed E-state index contributed by atoms with van der Waals surface area (Å²) in [5.41, 5.74) is 2.08. The Kier molecular flexibility index (Phi) is 5.24. The molecule has 1 fully saturated rings. The van der Waals surface area contributed by atoms with Crippen LogP contribution >= 0.6 is 0 Å². The molecular formula is C15H15F3N8O2. The smallest absolute Gasteiger partial charge is 0.326 e. The van der Waals surface area contributed by atoms with Gasteiger partial charge in [0.25, 0.3) is 11.9 Å². The number of piperazine rings is 1. The van der Waals surface area contributed by atoms with E-state index in [-0.39, 0.29) is 31.3 Å². The van der Waals surface area contributed by atoms with E-state index >= 15 is 0 Å². The quantitative estimate of drug-likeness (QED) is 0.585. The number of carbonyl (C=O) groups excluding carboxylic acids is 2. The summed E-state index contributed by atoms with van der Waals surface area (Å²) >= 11 is 0. The summed E-state index contributed by atoms with van der Waals surface area (Å²) in [6.07, 6.45) is -4.44. The number of aromatic amines is 1. The number of hydrogen-bond acceptors (Lipinski definition) is 7. The number of anilines is 2. The summed E-state index contributed by atoms with van der Waals surface area (Å²) in [5, 5.41) is 16.6. The predicted molar refractivity (Wildman–Crippen MR) is 91.3 cm³/mol. The van der Waals surface area contributed by atoms with Gasteiger partial charge in [-0.3, -0.25) is 9.59 Å². The van der Waals surface area contributed by atoms with E-state index in [0.29, 0.717) is 5.69 Å². The Morgan fingerprint density at radius 1 is 1.25 bits per heavy atom. The number of rotatable bonds is 4. The first kappa shape index (κ1) is 19.3. The summed E-state index contributed by atoms with van der Waals surface area (Å²) in [6, 6.07) is 4.31. The van der Waals surface area contributed by atoms with E-state index in [2.05, 4.69) is 31.2 Å². The lowest BCUT2D eigenvalue weighted by molar-refractivity contribution is -0.137. The lowest BCUT2D eigenvalue weighted by Gasteiger charge is -2.34. The molecule has 1 saturated heterocycles. The number of nitrogens with zero attached hydrogens (tertiary/aromatic N) is 6. The third-order valence-corrected chi connectivity index (χ3v) is 3.99. The fraction of sp³-hybridized carbons (Fsp3) is 0.333. The van der Waals surface area contributed by atoms with Crippen LogP contribution in [0.4, 0.5) is 24.8 Å². The Labute approximate surface area is 156 Å². The molecule has 0 atom stereocenters. The number of nitrogens with one attached hydrogen (secondary N) is 2. The van der Waals surface area contributed by atoms with Crippen molar-refractivity contribution in [2.24, 2.45) is 5.10 Å². The molecule has 1 aromatic heterocycles. The van der Waals surface area contributed by atoms with Gasteiger partial charge >= 0.3 is 6.18 Å². The summed E-state index contributed by atoms with van der Waals surface area (Å²) in [5.74, 6) is -0.787. The lowest BCUT2D eigenvalue weighted by atomic mass is 10.1. The molecule has 1 aliphatic heterocycles. The number of halogens is 3. The van der Waals surface area contributed by atoms with E-state index in [9.17, 15) is 22.8 Å². The highest BCUT2D eigenvalue weighted by molar-refractivity contribution is 6.38. The highest BCUT2D eigenvalue weighted by Gasteiger charge is 2.32. The van der Waals surface area contributed by atoms with Crippen molar-refractivity contribution in [2.75, 3.05) is 30.0 Å². The number of tetrazole rings is 1. The molecule has 0 aliphatic carbocycles. The monoisotopic (exact) mass is 396 g/mol. The minimum Gasteiger partial charge on any atom is -0.326 e. The average Bonchev–Trinajstić information content (AvgIpc) is 3.18. The van der Waals surface area contributed by atoms with Crippen LogP contribution in [0.5, 0.6) is 0 Å². The highest BCUT2D eigenvalue weighted by Crippen LogP contribution is 2.30. The maximum atomic E-state index is 12.7. The molecule has 0 bridgehead atoms. The van der Waals surface area contributed by atoms with E-state index in [1.165, 1.54) is 28.9 Å². The maximum Gasteiger partial charge on any atom is 0.416 e. The van der Waals surface area contributed by atoms with Crippen LogP contribution in [-0.4, -0.2) is 62.7 Å². The summed E-state index contributed by atoms with van der Waals surface area (Å²) in [4.78, 5) is 27.4. The van der Waals surface area contributed by atoms with E-state index in [4.69, 9.17) is 0 Å². The van der Waals surface area contributed by atoms with Gasteiger partial charge in [0, 0.05) is 18.8 Å². The molecule has 1 aliphatic rings. The van der Waals surface area contributed by atoms with Crippen molar-refractivity contribution in [1.82, 2.24) is 25.5 Å². The van der Waals surface area contributed by atoms with Crippen LogP contribution in [0.1, 0.15) is 12.5 Å². The zero-order valence-corrected chi connectivity index (χ0v) is 14.6. The first-order chi connectivity index (χ1) is 13.3. The highest BCUT2D eigenvalue weighted by atomic mass is 19.4. The zero-order chi connectivity index (χ0) is 20.3. The molecule has 2 N–H and O–H groups in total. The second kappa shape index (κ2) is 7.62. The Bertz CT molecular complexity index is 880. The molecule has 0 saturated carbocycles. The SMILES string of the molecule is C/C(=N\Nc1nn[nH]n1)C(=O)N1CCN(c2ccc(C(F)(F)F)cc2)C(=O)C1. The molecule has 10 nitrogen and oxygen atoms in total. The van der Waals surface area contributed by atoms with Crippen molar-refractivity contribution < 1.29 is 22.8 Å². The van der Waals surface area contributed by atoms with Gasteiger partial charge in [-0.15, -0.1) is 5.10 Å². The van der Waals surface area contributed by atoms with E-state index in [1.54, 1.807) is 0 Å². The molecule has 13 heteroatoms. The molecule has 0 unspecified atom stereocenters. The van der Waals surface area contributed by atoms with Gasteiger partial charge in [0.1, 0.15) is 12.3 Å². The van der Waals surface area contributed by atoms with Gasteiger partial charge in [-0.1, -0.05) is 5.10 Å². The lowest BCUT2D eigenvalue weighted by Crippen LogP contribution is -2.53. The van der Waals surface area contributed by atoms with E-state index < -0.39 is 23.6 Å². The van der Waals surface area contributed by atoms with E-state index in [1.807, 2.05) is 0 Å². The minimum atomic E-state index is -4.44. The molecule has 3 rings (SSSR count). The van der Waals surface area contributed by atoms with Crippen molar-refractivity contribution in [3.05, 3.63) is 29.8 Å². The fourth-order valence-electron chi connectivity index (χ4n) is 2.57. The largest absolute Gasteiger partial charge is 0.416 e. The van der Waals surface area contributed by atoms with Crippen LogP contribution in [0.2, 0.25) is 0 Å². The van der Waals surface area contributed by atoms with Crippen LogP contribution in [0.3, 0.4) is 0 Å². The van der Waals surface area contributed by atoms with Crippen LogP contribution in [0.25, 0.3) is 0 Å². The second-order valence-corrected chi connectivity index (χ2v) is 5.86. The van der Waals surface area contributed by atoms with Gasteiger partial charge in [-0.2, -0.15) is 23.5 Å². The number of hydrogen-bond donors (Lipinski definition) is 2. The number of hydrazone groups is 1. The summed E-state index contributed by atoms with van der Waals surface area (Å²) in [6.45, 7) is 1.61. The van der Waals surface area contributed by atoms with E-state index in [0.717, 1.165) is 12.1 Å². The van der Waals surface area contributed by atoms with Crippen molar-refractivity contribution in [3.63, 3.8) is 0 Å². The van der Waals surface area contributed by atoms with Gasteiger partial charge < -0.3 is 9.80 Å². The van der Waals surface area contributed by atoms with Crippen molar-refractivity contribution in [1.29, 1.82) is 0 Å². The molecule has 28 heavy (non-hydrogen) atoms. The number of amides is 2. The maximum absolute atomic E-state index is 12.7. The Balaban J connectivity index is 1.62. The molecule has 2 amide bonds. The third-order valence-electron chi connectivity index (χ3n) is 3.99. The molecule has 148 valence electrons. The van der Waals surface area contributed by atoms with Gasteiger partial charge in [0.05, 0.1) is 5.56 Å². The van der Waals surface area contributed by atoms with Gasteiger partial charge in [0.2, 0.25) is 5.91 Å². The van der Waals surface area contributed by atoms with Gasteiger partial charge in [-0.25, -0.2) is 5.43 Å². The van der Waals surface area contributed by atoms with Gasteiger partial charge in [-0.05, 0) is 36.4 Å². The topological polar surface area (TPSA) is 119 Å². The molecule has 1 aromatic carbocycles. The standard InChI is InChI=1S/C15H15F3N8O2/c1-9(19-20-14-21-23-24-22-14)13(28)25-6-7-26(12(27)8-25)11-4-2-10(3-5-11)15(16,17)18/h2-5H,6-8H2,1H3,(H2,20,21,22,23,24)/b19-9+. The number of alkyl halides is 3. The Morgan fingerprint density at radius 3 is 2.54 bits per heavy atom. The normalized spacial score (nSPS) is 15.7. The Morgan fingerprint density at radius 2 is 1.96 bits per heavy atom. The first-order valence-corrected chi connectivity index (χ1v) is 8.06. The fourth-order valence-corrected chi connectivity index (χ4v) is 2.57. The molecule has 0 radical (unpaired) electrons. The predicted octanol–water partition coefficient (Wildman–Crippen LogP) is 0.882. The first-order valence-electron chi connectivity index (χ1n) is 8.06. The van der Waals surface area contributed by atoms with Crippen LogP contribution < -0.4 is 10.3 Å². The minimum absolute atomic E-state index is 0.0790. The van der Waals surface area contributed by atoms with Crippen molar-refractivity contribution >= 4 is 29.2 Å². The molecular weight excluding hydrogens is 381 g/mol. The summed E-state index contributed by atoms with van der Waals surface area (Å²) < 4.78 is 38.0. The molecule has 2 aromatic rings. The number of carbonyl (C=O) groups is 2. The number of benzene rings is 1. The van der Waals surface area contributed by atoms with Crippen LogP contribution in [0, 0.1) is 0 Å². The van der Waals surface area contributed by atoms with Gasteiger partial charge in [0.15, 0.2) is 0 Å². The second-order valence-electron chi connectivity index (χ2n) is 5.86. The third kappa shape index (κ3) is 4.24. The van der Waals surface area contributed by atoms with Crippen LogP contribution in [0.15, 0.2) is 29.4 Å². The number of aromatic nitrogens is 4. The van der Waals surface area contributed by atoms with Crippen LogP contribution in [-0.2, 0) is 15.8 Å². The Hall–Kier alpha value is -3.51. The average molecular weight is 396 g/mol. The molecule has 0 spiro atoms.